The fourth-order valence-electron chi connectivity index (χ4n) is 2.27. The van der Waals surface area contributed by atoms with Crippen LogP contribution >= 0.6 is 0 Å². The molecule has 7 nitrogen and oxygen atoms in total. The van der Waals surface area contributed by atoms with Crippen molar-refractivity contribution in [3.8, 4) is 0 Å². The van der Waals surface area contributed by atoms with Gasteiger partial charge in [0.25, 0.3) is 0 Å². The molecule has 1 aliphatic rings. The Kier molecular flexibility index (Phi) is 7.27. The first kappa shape index (κ1) is 23.5. The van der Waals surface area contributed by atoms with Gasteiger partial charge in [0.05, 0.1) is 24.4 Å². The lowest BCUT2D eigenvalue weighted by molar-refractivity contribution is -0.138. The van der Waals surface area contributed by atoms with Gasteiger partial charge in [-0.25, -0.2) is 9.59 Å². The SMILES string of the molecule is CCOC(=O)C(N)=C1CN(C(=O)OC(C)(C)C)C=C(C(F)(F)F)C1=NC(C)C. The summed E-state index contributed by atoms with van der Waals surface area (Å²) in [5, 5.41) is 0. The van der Waals surface area contributed by atoms with E-state index in [-0.39, 0.29) is 12.2 Å². The lowest BCUT2D eigenvalue weighted by Crippen LogP contribution is -2.42. The van der Waals surface area contributed by atoms with Crippen molar-refractivity contribution in [1.82, 2.24) is 4.90 Å². The first-order valence-corrected chi connectivity index (χ1v) is 8.70. The van der Waals surface area contributed by atoms with Crippen molar-refractivity contribution >= 4 is 17.8 Å². The molecule has 28 heavy (non-hydrogen) atoms. The molecule has 0 aliphatic carbocycles. The summed E-state index contributed by atoms with van der Waals surface area (Å²) in [7, 11) is 0. The smallest absolute Gasteiger partial charge is 0.419 e. The molecule has 0 radical (unpaired) electrons. The number of rotatable bonds is 3. The van der Waals surface area contributed by atoms with Crippen LogP contribution in [0.4, 0.5) is 18.0 Å². The highest BCUT2D eigenvalue weighted by Gasteiger charge is 2.43. The van der Waals surface area contributed by atoms with Crippen LogP contribution in [0.3, 0.4) is 0 Å². The van der Waals surface area contributed by atoms with Gasteiger partial charge in [0.2, 0.25) is 0 Å². The van der Waals surface area contributed by atoms with E-state index in [1.807, 2.05) is 0 Å². The van der Waals surface area contributed by atoms with Gasteiger partial charge in [-0.15, -0.1) is 0 Å². The number of nitrogens with two attached hydrogens (primary N) is 1. The topological polar surface area (TPSA) is 94.2 Å². The number of hydrogen-bond donors (Lipinski definition) is 1. The Labute approximate surface area is 162 Å². The number of alkyl halides is 3. The molecule has 0 spiro atoms. The maximum Gasteiger partial charge on any atom is 0.419 e. The van der Waals surface area contributed by atoms with E-state index in [9.17, 15) is 22.8 Å². The molecule has 0 unspecified atom stereocenters. The molecule has 1 rings (SSSR count). The Morgan fingerprint density at radius 1 is 1.29 bits per heavy atom. The van der Waals surface area contributed by atoms with Gasteiger partial charge in [-0.3, -0.25) is 9.89 Å². The van der Waals surface area contributed by atoms with Gasteiger partial charge in [0.15, 0.2) is 0 Å². The molecule has 1 amide bonds. The van der Waals surface area contributed by atoms with Gasteiger partial charge in [-0.2, -0.15) is 13.2 Å². The van der Waals surface area contributed by atoms with Crippen LogP contribution in [0.1, 0.15) is 41.5 Å². The van der Waals surface area contributed by atoms with Crippen LogP contribution in [0.5, 0.6) is 0 Å². The minimum Gasteiger partial charge on any atom is -0.461 e. The number of allylic oxidation sites excluding steroid dienone is 1. The van der Waals surface area contributed by atoms with E-state index in [1.165, 1.54) is 6.92 Å². The normalized spacial score (nSPS) is 18.9. The highest BCUT2D eigenvalue weighted by Crippen LogP contribution is 2.34. The van der Waals surface area contributed by atoms with E-state index in [1.54, 1.807) is 34.6 Å². The van der Waals surface area contributed by atoms with Crippen LogP contribution in [0.25, 0.3) is 0 Å². The minimum absolute atomic E-state index is 0.0127. The minimum atomic E-state index is -4.84. The van der Waals surface area contributed by atoms with Gasteiger partial charge in [-0.1, -0.05) is 0 Å². The predicted octanol–water partition coefficient (Wildman–Crippen LogP) is 3.31. The average molecular weight is 405 g/mol. The quantitative estimate of drug-likeness (QED) is 0.574. The molecule has 0 aromatic heterocycles. The summed E-state index contributed by atoms with van der Waals surface area (Å²) >= 11 is 0. The molecule has 0 aromatic rings. The third kappa shape index (κ3) is 6.28. The molecular weight excluding hydrogens is 379 g/mol. The second-order valence-electron chi connectivity index (χ2n) is 7.33. The van der Waals surface area contributed by atoms with Crippen molar-refractivity contribution in [2.24, 2.45) is 10.7 Å². The van der Waals surface area contributed by atoms with Crippen molar-refractivity contribution in [3.63, 3.8) is 0 Å². The lowest BCUT2D eigenvalue weighted by Gasteiger charge is -2.32. The van der Waals surface area contributed by atoms with E-state index in [0.717, 1.165) is 4.90 Å². The number of ether oxygens (including phenoxy) is 2. The largest absolute Gasteiger partial charge is 0.461 e. The fourth-order valence-corrected chi connectivity index (χ4v) is 2.27. The lowest BCUT2D eigenvalue weighted by atomic mass is 9.96. The molecule has 0 fully saturated rings. The number of carbonyl (C=O) groups excluding carboxylic acids is 2. The van der Waals surface area contributed by atoms with Crippen molar-refractivity contribution in [2.45, 2.75) is 59.4 Å². The summed E-state index contributed by atoms with van der Waals surface area (Å²) in [6.07, 6.45) is -5.22. The highest BCUT2D eigenvalue weighted by molar-refractivity contribution is 6.17. The Morgan fingerprint density at radius 2 is 1.86 bits per heavy atom. The fraction of sp³-hybridized carbons (Fsp3) is 0.611. The van der Waals surface area contributed by atoms with E-state index < -0.39 is 53.4 Å². The monoisotopic (exact) mass is 405 g/mol. The number of halogens is 3. The van der Waals surface area contributed by atoms with E-state index in [4.69, 9.17) is 15.2 Å². The van der Waals surface area contributed by atoms with Gasteiger partial charge in [-0.05, 0) is 41.5 Å². The Bertz CT molecular complexity index is 717. The third-order valence-corrected chi connectivity index (χ3v) is 3.30. The summed E-state index contributed by atoms with van der Waals surface area (Å²) in [4.78, 5) is 29.1. The van der Waals surface area contributed by atoms with Crippen LogP contribution < -0.4 is 5.73 Å². The van der Waals surface area contributed by atoms with Gasteiger partial charge in [0, 0.05) is 17.8 Å². The molecule has 0 bridgehead atoms. The summed E-state index contributed by atoms with van der Waals surface area (Å²) < 4.78 is 51.0. The number of aliphatic imine (C=N–C) groups is 1. The van der Waals surface area contributed by atoms with Crippen molar-refractivity contribution in [1.29, 1.82) is 0 Å². The molecule has 0 saturated carbocycles. The molecule has 0 atom stereocenters. The number of carbonyl (C=O) groups is 2. The number of nitrogens with zero attached hydrogens (tertiary/aromatic N) is 2. The van der Waals surface area contributed by atoms with Crippen LogP contribution in [0.2, 0.25) is 0 Å². The van der Waals surface area contributed by atoms with Crippen molar-refractivity contribution in [3.05, 3.63) is 23.0 Å². The molecule has 0 saturated heterocycles. The Hall–Kier alpha value is -2.52. The summed E-state index contributed by atoms with van der Waals surface area (Å²) in [6, 6.07) is -0.515. The zero-order valence-corrected chi connectivity index (χ0v) is 16.8. The second kappa shape index (κ2) is 8.66. The van der Waals surface area contributed by atoms with Crippen LogP contribution in [-0.4, -0.2) is 53.6 Å². The second-order valence-corrected chi connectivity index (χ2v) is 7.33. The Balaban J connectivity index is 3.62. The summed E-state index contributed by atoms with van der Waals surface area (Å²) in [5.74, 6) is -0.985. The van der Waals surface area contributed by atoms with E-state index in [2.05, 4.69) is 4.99 Å². The highest BCUT2D eigenvalue weighted by atomic mass is 19.4. The molecular formula is C18H26F3N3O4. The average Bonchev–Trinajstić information content (AvgIpc) is 2.51. The van der Waals surface area contributed by atoms with Gasteiger partial charge >= 0.3 is 18.2 Å². The van der Waals surface area contributed by atoms with E-state index in [0.29, 0.717) is 6.20 Å². The molecule has 1 heterocycles. The maximum atomic E-state index is 13.7. The summed E-state index contributed by atoms with van der Waals surface area (Å²) in [6.45, 7) is 9.02. The van der Waals surface area contributed by atoms with Crippen LogP contribution in [0, 0.1) is 0 Å². The first-order chi connectivity index (χ1) is 12.7. The third-order valence-electron chi connectivity index (χ3n) is 3.30. The number of amides is 1. The van der Waals surface area contributed by atoms with Gasteiger partial charge in [0.1, 0.15) is 11.3 Å². The number of hydrogen-bond acceptors (Lipinski definition) is 6. The molecule has 0 aromatic carbocycles. The van der Waals surface area contributed by atoms with Crippen LogP contribution in [0.15, 0.2) is 28.0 Å². The van der Waals surface area contributed by atoms with Gasteiger partial charge < -0.3 is 15.2 Å². The standard InChI is InChI=1S/C18H26F3N3O4/c1-7-27-15(25)13(22)11-8-24(16(26)28-17(4,5)6)9-12(18(19,20)21)14(11)23-10(2)3/h9-10H,7-8,22H2,1-6H3. The number of esters is 1. The molecule has 2 N–H and O–H groups in total. The van der Waals surface area contributed by atoms with Crippen molar-refractivity contribution in [2.75, 3.05) is 13.2 Å². The van der Waals surface area contributed by atoms with E-state index >= 15 is 0 Å². The predicted molar refractivity (Wildman–Crippen MR) is 97.5 cm³/mol. The molecule has 158 valence electrons. The van der Waals surface area contributed by atoms with Crippen LogP contribution in [-0.2, 0) is 14.3 Å². The molecule has 1 aliphatic heterocycles. The molecule has 10 heteroatoms. The first-order valence-electron chi connectivity index (χ1n) is 8.70. The Morgan fingerprint density at radius 3 is 2.29 bits per heavy atom. The zero-order chi connectivity index (χ0) is 21.9. The summed E-state index contributed by atoms with van der Waals surface area (Å²) in [5.41, 5.74) is 2.40. The van der Waals surface area contributed by atoms with Crippen molar-refractivity contribution < 1.29 is 32.2 Å². The zero-order valence-electron chi connectivity index (χ0n) is 16.8. The maximum absolute atomic E-state index is 13.7.